The molecule has 0 aromatic carbocycles. The molecule has 0 aliphatic carbocycles. The fraction of sp³-hybridized carbons (Fsp3) is 0.455. The lowest BCUT2D eigenvalue weighted by atomic mass is 10.1. The van der Waals surface area contributed by atoms with E-state index in [2.05, 4.69) is 15.0 Å². The van der Waals surface area contributed by atoms with Crippen molar-refractivity contribution >= 4 is 22.7 Å². The van der Waals surface area contributed by atoms with E-state index in [1.165, 1.54) is 0 Å². The summed E-state index contributed by atoms with van der Waals surface area (Å²) < 4.78 is 13.3. The number of carboxylic acids is 1. The fourth-order valence-corrected chi connectivity index (χ4v) is 4.37. The van der Waals surface area contributed by atoms with E-state index >= 15 is 0 Å². The molecule has 0 spiro atoms. The molecule has 0 unspecified atom stereocenters. The van der Waals surface area contributed by atoms with Crippen molar-refractivity contribution in [1.82, 2.24) is 19.7 Å². The average molecular weight is 423 g/mol. The lowest BCUT2D eigenvalue weighted by Gasteiger charge is -2.34. The van der Waals surface area contributed by atoms with Gasteiger partial charge in [0.05, 0.1) is 30.5 Å². The summed E-state index contributed by atoms with van der Waals surface area (Å²) in [6.45, 7) is 4.56. The van der Waals surface area contributed by atoms with E-state index in [1.807, 2.05) is 17.7 Å². The summed E-state index contributed by atoms with van der Waals surface area (Å²) in [4.78, 5) is 23.7. The molecule has 5 heterocycles. The fourth-order valence-electron chi connectivity index (χ4n) is 4.37. The number of pyridine rings is 2. The molecule has 0 bridgehead atoms. The second-order valence-electron chi connectivity index (χ2n) is 7.99. The Hall–Kier alpha value is -3.04. The SMILES string of the molecule is C[C@@H]1COCCN1c1cc(C(=O)O)c2ccnc(-c3ccnn3[C@H]3CCCCO3)c2n1. The van der Waals surface area contributed by atoms with Crippen LogP contribution in [-0.2, 0) is 9.47 Å². The summed E-state index contributed by atoms with van der Waals surface area (Å²) in [7, 11) is 0. The van der Waals surface area contributed by atoms with Gasteiger partial charge in [0.1, 0.15) is 17.0 Å². The van der Waals surface area contributed by atoms with E-state index < -0.39 is 5.97 Å². The van der Waals surface area contributed by atoms with Crippen LogP contribution in [0.25, 0.3) is 22.3 Å². The van der Waals surface area contributed by atoms with Crippen molar-refractivity contribution in [2.45, 2.75) is 38.5 Å². The van der Waals surface area contributed by atoms with Crippen LogP contribution >= 0.6 is 0 Å². The maximum atomic E-state index is 12.1. The minimum atomic E-state index is -0.990. The smallest absolute Gasteiger partial charge is 0.336 e. The van der Waals surface area contributed by atoms with Crippen molar-refractivity contribution in [1.29, 1.82) is 0 Å². The third-order valence-corrected chi connectivity index (χ3v) is 5.95. The highest BCUT2D eigenvalue weighted by atomic mass is 16.5. The zero-order valence-electron chi connectivity index (χ0n) is 17.4. The van der Waals surface area contributed by atoms with Crippen LogP contribution in [0, 0.1) is 0 Å². The third-order valence-electron chi connectivity index (χ3n) is 5.95. The zero-order chi connectivity index (χ0) is 21.4. The van der Waals surface area contributed by atoms with E-state index in [0.29, 0.717) is 48.8 Å². The van der Waals surface area contributed by atoms with Crippen LogP contribution in [0.2, 0.25) is 0 Å². The molecule has 9 nitrogen and oxygen atoms in total. The molecule has 9 heteroatoms. The number of morpholine rings is 1. The third kappa shape index (κ3) is 3.64. The molecule has 162 valence electrons. The molecule has 2 fully saturated rings. The van der Waals surface area contributed by atoms with Crippen LogP contribution in [0.1, 0.15) is 42.8 Å². The van der Waals surface area contributed by atoms with Crippen LogP contribution < -0.4 is 4.90 Å². The average Bonchev–Trinajstić information content (AvgIpc) is 3.28. The lowest BCUT2D eigenvalue weighted by molar-refractivity contribution is -0.0383. The molecule has 2 atom stereocenters. The predicted octanol–water partition coefficient (Wildman–Crippen LogP) is 3.12. The normalized spacial score (nSPS) is 22.0. The van der Waals surface area contributed by atoms with Crippen LogP contribution in [0.15, 0.2) is 30.6 Å². The van der Waals surface area contributed by atoms with Gasteiger partial charge in [-0.2, -0.15) is 5.10 Å². The summed E-state index contributed by atoms with van der Waals surface area (Å²) >= 11 is 0. The van der Waals surface area contributed by atoms with Crippen LogP contribution in [0.5, 0.6) is 0 Å². The second-order valence-corrected chi connectivity index (χ2v) is 7.99. The Bertz CT molecular complexity index is 1110. The monoisotopic (exact) mass is 423 g/mol. The highest BCUT2D eigenvalue weighted by molar-refractivity contribution is 6.06. The zero-order valence-corrected chi connectivity index (χ0v) is 17.4. The molecule has 1 N–H and O–H groups in total. The minimum Gasteiger partial charge on any atom is -0.478 e. The van der Waals surface area contributed by atoms with Gasteiger partial charge in [-0.3, -0.25) is 4.98 Å². The van der Waals surface area contributed by atoms with Crippen LogP contribution in [0.4, 0.5) is 5.82 Å². The number of aromatic nitrogens is 4. The quantitative estimate of drug-likeness (QED) is 0.683. The number of aromatic carboxylic acids is 1. The van der Waals surface area contributed by atoms with E-state index in [9.17, 15) is 9.90 Å². The molecule has 0 radical (unpaired) electrons. The van der Waals surface area contributed by atoms with E-state index in [0.717, 1.165) is 25.0 Å². The lowest BCUT2D eigenvalue weighted by Crippen LogP contribution is -2.44. The molecule has 5 rings (SSSR count). The van der Waals surface area contributed by atoms with Crippen molar-refractivity contribution in [3.05, 3.63) is 36.2 Å². The highest BCUT2D eigenvalue weighted by Crippen LogP contribution is 2.33. The highest BCUT2D eigenvalue weighted by Gasteiger charge is 2.26. The van der Waals surface area contributed by atoms with Gasteiger partial charge in [0.25, 0.3) is 0 Å². The summed E-state index contributed by atoms with van der Waals surface area (Å²) in [5.74, 6) is -0.370. The molecule has 3 aromatic heterocycles. The van der Waals surface area contributed by atoms with Gasteiger partial charge >= 0.3 is 5.97 Å². The molecule has 0 amide bonds. The van der Waals surface area contributed by atoms with Crippen molar-refractivity contribution in [2.24, 2.45) is 0 Å². The van der Waals surface area contributed by atoms with Gasteiger partial charge in [-0.1, -0.05) is 0 Å². The minimum absolute atomic E-state index is 0.0987. The first-order chi connectivity index (χ1) is 15.1. The largest absolute Gasteiger partial charge is 0.478 e. The molecule has 2 aliphatic heterocycles. The molecule has 0 saturated carbocycles. The first-order valence-corrected chi connectivity index (χ1v) is 10.7. The van der Waals surface area contributed by atoms with E-state index in [4.69, 9.17) is 14.5 Å². The maximum Gasteiger partial charge on any atom is 0.336 e. The number of hydrogen-bond donors (Lipinski definition) is 1. The molecular weight excluding hydrogens is 398 g/mol. The number of rotatable bonds is 4. The Morgan fingerprint density at radius 1 is 1.23 bits per heavy atom. The number of carbonyl (C=O) groups is 1. The summed E-state index contributed by atoms with van der Waals surface area (Å²) in [5, 5.41) is 15.0. The number of anilines is 1. The second kappa shape index (κ2) is 8.24. The summed E-state index contributed by atoms with van der Waals surface area (Å²) in [6.07, 6.45) is 6.19. The Morgan fingerprint density at radius 3 is 2.90 bits per heavy atom. The van der Waals surface area contributed by atoms with Crippen molar-refractivity contribution in [3.8, 4) is 11.4 Å². The number of ether oxygens (including phenoxy) is 2. The molecule has 31 heavy (non-hydrogen) atoms. The number of hydrogen-bond acceptors (Lipinski definition) is 7. The molecular formula is C22H25N5O4. The van der Waals surface area contributed by atoms with Gasteiger partial charge in [0, 0.05) is 30.9 Å². The van der Waals surface area contributed by atoms with Gasteiger partial charge in [-0.15, -0.1) is 0 Å². The Balaban J connectivity index is 1.68. The Labute approximate surface area is 179 Å². The van der Waals surface area contributed by atoms with Crippen LogP contribution in [0.3, 0.4) is 0 Å². The van der Waals surface area contributed by atoms with Crippen molar-refractivity contribution in [2.75, 3.05) is 31.3 Å². The number of carboxylic acid groups (broad SMARTS) is 1. The Kier molecular flexibility index (Phi) is 5.29. The number of nitrogens with zero attached hydrogens (tertiary/aromatic N) is 5. The Morgan fingerprint density at radius 2 is 2.13 bits per heavy atom. The first kappa shape index (κ1) is 19.9. The predicted molar refractivity (Wildman–Crippen MR) is 114 cm³/mol. The first-order valence-electron chi connectivity index (χ1n) is 10.7. The van der Waals surface area contributed by atoms with Gasteiger partial charge in [0.2, 0.25) is 0 Å². The molecule has 2 saturated heterocycles. The van der Waals surface area contributed by atoms with Crippen LogP contribution in [-0.4, -0.2) is 63.2 Å². The topological polar surface area (TPSA) is 103 Å². The summed E-state index contributed by atoms with van der Waals surface area (Å²) in [6, 6.07) is 5.34. The molecule has 2 aliphatic rings. The number of fused-ring (bicyclic) bond motifs is 1. The summed E-state index contributed by atoms with van der Waals surface area (Å²) in [5.41, 5.74) is 2.14. The van der Waals surface area contributed by atoms with E-state index in [-0.39, 0.29) is 17.8 Å². The standard InChI is InChI=1S/C22H25N5O4/c1-14-13-30-11-9-26(14)18-12-16(22(28)29)15-5-7-23-21(20(15)25-18)17-6-8-24-27(17)19-4-2-3-10-31-19/h5-8,12,14,19H,2-4,9-11,13H2,1H3,(H,28,29)/t14-,19-/m1/s1. The van der Waals surface area contributed by atoms with Gasteiger partial charge in [0.15, 0.2) is 6.23 Å². The molecule has 3 aromatic rings. The van der Waals surface area contributed by atoms with Crippen molar-refractivity contribution in [3.63, 3.8) is 0 Å². The van der Waals surface area contributed by atoms with E-state index in [1.54, 1.807) is 24.5 Å². The van der Waals surface area contributed by atoms with Crippen molar-refractivity contribution < 1.29 is 19.4 Å². The van der Waals surface area contributed by atoms with Gasteiger partial charge in [-0.05, 0) is 44.4 Å². The van der Waals surface area contributed by atoms with Gasteiger partial charge < -0.3 is 19.5 Å². The maximum absolute atomic E-state index is 12.1. The van der Waals surface area contributed by atoms with Gasteiger partial charge in [-0.25, -0.2) is 14.5 Å².